The molecular weight excluding hydrogens is 380 g/mol. The lowest BCUT2D eigenvalue weighted by Crippen LogP contribution is -2.65. The molecule has 4 rings (SSSR count). The minimum absolute atomic E-state index is 0.403. The fraction of sp³-hybridized carbons (Fsp3) is 0.611. The van der Waals surface area contributed by atoms with Crippen molar-refractivity contribution in [1.29, 1.82) is 0 Å². The quantitative estimate of drug-likeness (QED) is 0.351. The van der Waals surface area contributed by atoms with Crippen LogP contribution in [-0.4, -0.2) is 97.4 Å². The molecule has 2 aliphatic heterocycles. The maximum atomic E-state index is 12.6. The monoisotopic (exact) mass is 406 g/mol. The van der Waals surface area contributed by atoms with Crippen LogP contribution in [0.4, 0.5) is 5.82 Å². The summed E-state index contributed by atoms with van der Waals surface area (Å²) in [6.07, 6.45) is -1.27. The lowest BCUT2D eigenvalue weighted by atomic mass is 9.95. The van der Waals surface area contributed by atoms with Crippen LogP contribution in [0.25, 0.3) is 11.0 Å². The zero-order valence-corrected chi connectivity index (χ0v) is 16.2. The van der Waals surface area contributed by atoms with E-state index in [0.29, 0.717) is 29.8 Å². The fourth-order valence-corrected chi connectivity index (χ4v) is 4.05. The largest absolute Gasteiger partial charge is 0.391 e. The zero-order chi connectivity index (χ0) is 20.7. The van der Waals surface area contributed by atoms with Crippen molar-refractivity contribution < 1.29 is 24.9 Å². The molecule has 6 N–H and O–H groups in total. The van der Waals surface area contributed by atoms with Gasteiger partial charge in [-0.25, -0.2) is 9.97 Å². The molecule has 0 bridgehead atoms. The molecule has 2 aromatic rings. The highest BCUT2D eigenvalue weighted by Gasteiger charge is 2.45. The molecule has 158 valence electrons. The van der Waals surface area contributed by atoms with Crippen LogP contribution in [0.2, 0.25) is 0 Å². The molecule has 2 aromatic heterocycles. The smallest absolute Gasteiger partial charge is 0.240 e. The molecule has 29 heavy (non-hydrogen) atoms. The van der Waals surface area contributed by atoms with Gasteiger partial charge in [0.1, 0.15) is 30.1 Å². The third kappa shape index (κ3) is 3.67. The summed E-state index contributed by atoms with van der Waals surface area (Å²) in [4.78, 5) is 25.7. The minimum Gasteiger partial charge on any atom is -0.391 e. The Hall–Kier alpha value is -2.31. The van der Waals surface area contributed by atoms with Crippen molar-refractivity contribution in [3.63, 3.8) is 0 Å². The average Bonchev–Trinajstić information content (AvgIpc) is 3.30. The van der Waals surface area contributed by atoms with E-state index in [4.69, 9.17) is 4.74 Å². The van der Waals surface area contributed by atoms with Crippen molar-refractivity contribution in [1.82, 2.24) is 25.2 Å². The van der Waals surface area contributed by atoms with Gasteiger partial charge < -0.3 is 35.7 Å². The Bertz CT molecular complexity index is 867. The molecule has 0 radical (unpaired) electrons. The number of aliphatic hydroxyl groups is 3. The van der Waals surface area contributed by atoms with Crippen molar-refractivity contribution in [2.45, 2.75) is 56.1 Å². The van der Waals surface area contributed by atoms with Gasteiger partial charge in [-0.2, -0.15) is 0 Å². The van der Waals surface area contributed by atoms with E-state index < -0.39 is 48.6 Å². The number of H-pyrrole nitrogens is 1. The Labute approximate surface area is 167 Å². The van der Waals surface area contributed by atoms with Gasteiger partial charge in [-0.15, -0.1) is 0 Å². The number of likely N-dealkylation sites (tertiary alicyclic amines) is 1. The van der Waals surface area contributed by atoms with Crippen LogP contribution in [-0.2, 0) is 9.53 Å². The number of carbonyl (C=O) groups is 1. The summed E-state index contributed by atoms with van der Waals surface area (Å²) in [6, 6.07) is 0.273. The number of ether oxygens (including phenoxy) is 1. The van der Waals surface area contributed by atoms with Gasteiger partial charge in [-0.1, -0.05) is 0 Å². The van der Waals surface area contributed by atoms with E-state index in [0.717, 1.165) is 0 Å². The molecule has 0 saturated carbocycles. The van der Waals surface area contributed by atoms with Crippen LogP contribution in [0.5, 0.6) is 0 Å². The number of aliphatic hydroxyl groups excluding tert-OH is 3. The first-order chi connectivity index (χ1) is 13.9. The third-order valence-electron chi connectivity index (χ3n) is 5.71. The van der Waals surface area contributed by atoms with Gasteiger partial charge in [0.05, 0.1) is 23.8 Å². The maximum absolute atomic E-state index is 12.6. The first-order valence-electron chi connectivity index (χ1n) is 9.61. The highest BCUT2D eigenvalue weighted by atomic mass is 16.5. The number of rotatable bonds is 4. The van der Waals surface area contributed by atoms with E-state index in [9.17, 15) is 20.1 Å². The number of carbonyl (C=O) groups excluding carboxylic acids is 1. The first-order valence-corrected chi connectivity index (χ1v) is 9.61. The Morgan fingerprint density at radius 3 is 2.83 bits per heavy atom. The van der Waals surface area contributed by atoms with E-state index in [1.165, 1.54) is 6.33 Å². The second-order valence-corrected chi connectivity index (χ2v) is 7.66. The van der Waals surface area contributed by atoms with E-state index in [2.05, 4.69) is 25.6 Å². The lowest BCUT2D eigenvalue weighted by molar-refractivity contribution is -0.173. The number of amides is 1. The second-order valence-electron chi connectivity index (χ2n) is 7.66. The summed E-state index contributed by atoms with van der Waals surface area (Å²) >= 11 is 0. The molecular formula is C18H26N6O5. The van der Waals surface area contributed by atoms with Crippen LogP contribution >= 0.6 is 0 Å². The lowest BCUT2D eigenvalue weighted by Gasteiger charge is -2.42. The average molecular weight is 406 g/mol. The maximum Gasteiger partial charge on any atom is 0.240 e. The highest BCUT2D eigenvalue weighted by Crippen LogP contribution is 2.25. The van der Waals surface area contributed by atoms with Gasteiger partial charge in [0.25, 0.3) is 0 Å². The molecule has 7 atom stereocenters. The van der Waals surface area contributed by atoms with Crippen molar-refractivity contribution in [2.75, 3.05) is 18.9 Å². The van der Waals surface area contributed by atoms with Crippen LogP contribution in [0.3, 0.4) is 0 Å². The molecule has 0 unspecified atom stereocenters. The Morgan fingerprint density at radius 2 is 2.10 bits per heavy atom. The number of aromatic nitrogens is 3. The van der Waals surface area contributed by atoms with E-state index >= 15 is 0 Å². The van der Waals surface area contributed by atoms with E-state index in [1.54, 1.807) is 31.1 Å². The predicted octanol–water partition coefficient (Wildman–Crippen LogP) is -1.61. The number of nitrogens with one attached hydrogen (secondary N) is 3. The summed E-state index contributed by atoms with van der Waals surface area (Å²) in [5.74, 6) is 0.0288. The molecule has 1 amide bonds. The van der Waals surface area contributed by atoms with Gasteiger partial charge in [-0.3, -0.25) is 9.69 Å². The molecule has 0 aromatic carbocycles. The number of aromatic amines is 1. The van der Waals surface area contributed by atoms with Crippen LogP contribution in [0, 0.1) is 0 Å². The van der Waals surface area contributed by atoms with Crippen molar-refractivity contribution in [3.8, 4) is 0 Å². The van der Waals surface area contributed by atoms with Crippen molar-refractivity contribution in [2.24, 2.45) is 0 Å². The summed E-state index contributed by atoms with van der Waals surface area (Å²) in [6.45, 7) is 2.31. The fourth-order valence-electron chi connectivity index (χ4n) is 4.05. The number of anilines is 1. The Balaban J connectivity index is 1.45. The van der Waals surface area contributed by atoms with Gasteiger partial charge in [-0.05, 0) is 26.5 Å². The van der Waals surface area contributed by atoms with Crippen molar-refractivity contribution in [3.05, 3.63) is 18.6 Å². The number of nitrogens with zero attached hydrogens (tertiary/aromatic N) is 3. The molecule has 11 nitrogen and oxygen atoms in total. The summed E-state index contributed by atoms with van der Waals surface area (Å²) in [5.41, 5.74) is 1.35. The molecule has 11 heteroatoms. The number of fused-ring (bicyclic) bond motifs is 1. The molecule has 0 aliphatic carbocycles. The van der Waals surface area contributed by atoms with Gasteiger partial charge in [0.15, 0.2) is 12.0 Å². The standard InChI is InChI=1S/C18H26N6O5/c1-8-11(22-17(28)13-10(25)4-6-24(13)2)14(26)15(27)18(29-8)23-16-12-9(3-5-19-12)20-7-21-16/h3,5,7-8,10-11,13-15,18-19,25-27H,4,6H2,1-2H3,(H,22,28)(H,20,21,23)/t8-,10-,11-,13+,14+,15+,18-/m0/s1. The number of hydrogen-bond acceptors (Lipinski definition) is 9. The zero-order valence-electron chi connectivity index (χ0n) is 16.2. The van der Waals surface area contributed by atoms with E-state index in [-0.39, 0.29) is 0 Å². The molecule has 0 spiro atoms. The number of likely N-dealkylation sites (N-methyl/N-ethyl adjacent to an activating group) is 1. The second kappa shape index (κ2) is 7.84. The van der Waals surface area contributed by atoms with E-state index in [1.807, 2.05) is 0 Å². The first kappa shape index (κ1) is 20.0. The predicted molar refractivity (Wildman–Crippen MR) is 103 cm³/mol. The number of hydrogen-bond donors (Lipinski definition) is 6. The van der Waals surface area contributed by atoms with Crippen LogP contribution < -0.4 is 10.6 Å². The Kier molecular flexibility index (Phi) is 5.40. The van der Waals surface area contributed by atoms with Gasteiger partial charge >= 0.3 is 0 Å². The minimum atomic E-state index is -1.32. The summed E-state index contributed by atoms with van der Waals surface area (Å²) < 4.78 is 5.84. The van der Waals surface area contributed by atoms with Crippen molar-refractivity contribution >= 4 is 22.8 Å². The van der Waals surface area contributed by atoms with Crippen LogP contribution in [0.1, 0.15) is 13.3 Å². The highest BCUT2D eigenvalue weighted by molar-refractivity contribution is 5.85. The third-order valence-corrected chi connectivity index (χ3v) is 5.71. The van der Waals surface area contributed by atoms with Crippen LogP contribution in [0.15, 0.2) is 18.6 Å². The molecule has 2 saturated heterocycles. The summed E-state index contributed by atoms with van der Waals surface area (Å²) in [7, 11) is 1.76. The molecule has 4 heterocycles. The topological polar surface area (TPSA) is 156 Å². The Morgan fingerprint density at radius 1 is 1.31 bits per heavy atom. The summed E-state index contributed by atoms with van der Waals surface area (Å²) in [5, 5.41) is 37.0. The molecule has 2 fully saturated rings. The van der Waals surface area contributed by atoms with Gasteiger partial charge in [0, 0.05) is 12.7 Å². The normalized spacial score (nSPS) is 35.7. The molecule has 2 aliphatic rings. The SMILES string of the molecule is C[C@@H]1O[C@H](Nc2ncnc3cc[nH]c23)[C@H](O)[C@H](O)[C@H]1NC(=O)[C@H]1[C@@H](O)CCN1C. The van der Waals surface area contributed by atoms with Gasteiger partial charge in [0.2, 0.25) is 5.91 Å².